The lowest BCUT2D eigenvalue weighted by Crippen LogP contribution is -2.48. The van der Waals surface area contributed by atoms with E-state index in [1.54, 1.807) is 6.26 Å². The Morgan fingerprint density at radius 1 is 1.26 bits per heavy atom. The Balaban J connectivity index is 2.43. The van der Waals surface area contributed by atoms with Crippen molar-refractivity contribution >= 4 is 11.9 Å². The van der Waals surface area contributed by atoms with Crippen molar-refractivity contribution in [3.05, 3.63) is 23.5 Å². The van der Waals surface area contributed by atoms with E-state index >= 15 is 0 Å². The summed E-state index contributed by atoms with van der Waals surface area (Å²) in [6.07, 6.45) is 7.81. The van der Waals surface area contributed by atoms with E-state index in [-0.39, 0.29) is 29.4 Å². The molecular formula is C19H28O4. The number of hydrogen-bond acceptors (Lipinski definition) is 4. The molecule has 2 aliphatic rings. The Hall–Kier alpha value is -1.58. The molecule has 2 rings (SSSR count). The molecule has 0 heterocycles. The molecule has 0 radical (unpaired) electrons. The first kappa shape index (κ1) is 17.8. The quantitative estimate of drug-likeness (QED) is 0.445. The minimum absolute atomic E-state index is 0.0426. The summed E-state index contributed by atoms with van der Waals surface area (Å²) < 4.78 is 10.7. The van der Waals surface area contributed by atoms with E-state index in [4.69, 9.17) is 9.47 Å². The molecule has 4 nitrogen and oxygen atoms in total. The fraction of sp³-hybridized carbons (Fsp3) is 0.684. The van der Waals surface area contributed by atoms with Gasteiger partial charge in [0, 0.05) is 31.6 Å². The molecule has 128 valence electrons. The highest BCUT2D eigenvalue weighted by molar-refractivity contribution is 5.67. The molecule has 0 aromatic carbocycles. The zero-order chi connectivity index (χ0) is 17.2. The van der Waals surface area contributed by atoms with E-state index in [1.807, 2.05) is 6.92 Å². The monoisotopic (exact) mass is 320 g/mol. The van der Waals surface area contributed by atoms with Crippen molar-refractivity contribution in [2.45, 2.75) is 66.4 Å². The van der Waals surface area contributed by atoms with Crippen LogP contribution in [0.5, 0.6) is 0 Å². The van der Waals surface area contributed by atoms with Gasteiger partial charge in [-0.05, 0) is 37.7 Å². The number of allylic oxidation sites excluding steroid dienone is 1. The average Bonchev–Trinajstić information content (AvgIpc) is 2.45. The third kappa shape index (κ3) is 3.51. The maximum Gasteiger partial charge on any atom is 0.307 e. The minimum Gasteiger partial charge on any atom is -0.462 e. The SMILES string of the molecule is CC(=O)OC=C(C)C1C(OC(C)=O)CC=C2CCCC(C)C21C. The van der Waals surface area contributed by atoms with Crippen LogP contribution in [0, 0.1) is 17.3 Å². The molecule has 0 aromatic rings. The van der Waals surface area contributed by atoms with Gasteiger partial charge in [0.25, 0.3) is 0 Å². The van der Waals surface area contributed by atoms with Gasteiger partial charge in [-0.25, -0.2) is 0 Å². The Morgan fingerprint density at radius 2 is 1.96 bits per heavy atom. The first-order valence-electron chi connectivity index (χ1n) is 8.47. The Morgan fingerprint density at radius 3 is 2.57 bits per heavy atom. The summed E-state index contributed by atoms with van der Waals surface area (Å²) >= 11 is 0. The van der Waals surface area contributed by atoms with Crippen LogP contribution in [0.4, 0.5) is 0 Å². The summed E-state index contributed by atoms with van der Waals surface area (Å²) in [6.45, 7) is 9.36. The van der Waals surface area contributed by atoms with Gasteiger partial charge < -0.3 is 9.47 Å². The lowest BCUT2D eigenvalue weighted by molar-refractivity contribution is -0.152. The number of hydrogen-bond donors (Lipinski definition) is 0. The van der Waals surface area contributed by atoms with Gasteiger partial charge in [-0.3, -0.25) is 9.59 Å². The van der Waals surface area contributed by atoms with E-state index in [1.165, 1.54) is 25.8 Å². The van der Waals surface area contributed by atoms with Crippen LogP contribution in [0.2, 0.25) is 0 Å². The van der Waals surface area contributed by atoms with Crippen molar-refractivity contribution in [2.24, 2.45) is 17.3 Å². The standard InChI is InChI=1S/C19H28O4/c1-12(11-22-14(3)20)18-17(23-15(4)21)10-9-16-8-6-7-13(2)19(16,18)5/h9,11,13,17-18H,6-8,10H2,1-5H3. The lowest BCUT2D eigenvalue weighted by atomic mass is 9.53. The molecule has 0 amide bonds. The number of fused-ring (bicyclic) bond motifs is 1. The predicted octanol–water partition coefficient (Wildman–Crippen LogP) is 4.16. The van der Waals surface area contributed by atoms with Crippen molar-refractivity contribution in [3.8, 4) is 0 Å². The molecule has 1 saturated carbocycles. The van der Waals surface area contributed by atoms with Gasteiger partial charge in [-0.1, -0.05) is 25.5 Å². The maximum atomic E-state index is 11.5. The smallest absolute Gasteiger partial charge is 0.307 e. The lowest BCUT2D eigenvalue weighted by Gasteiger charge is -2.52. The number of esters is 2. The fourth-order valence-corrected chi connectivity index (χ4v) is 4.44. The van der Waals surface area contributed by atoms with Crippen molar-refractivity contribution < 1.29 is 19.1 Å². The van der Waals surface area contributed by atoms with Crippen LogP contribution in [0.15, 0.2) is 23.5 Å². The van der Waals surface area contributed by atoms with Gasteiger partial charge in [0.05, 0.1) is 6.26 Å². The molecule has 2 aliphatic carbocycles. The van der Waals surface area contributed by atoms with Gasteiger partial charge in [0.1, 0.15) is 6.10 Å². The van der Waals surface area contributed by atoms with Crippen LogP contribution in [-0.2, 0) is 19.1 Å². The number of ether oxygens (including phenoxy) is 2. The summed E-state index contributed by atoms with van der Waals surface area (Å²) in [5, 5.41) is 0. The van der Waals surface area contributed by atoms with Gasteiger partial charge >= 0.3 is 11.9 Å². The van der Waals surface area contributed by atoms with E-state index in [2.05, 4.69) is 19.9 Å². The Bertz CT molecular complexity index is 546. The molecular weight excluding hydrogens is 292 g/mol. The van der Waals surface area contributed by atoms with Crippen LogP contribution in [0.3, 0.4) is 0 Å². The van der Waals surface area contributed by atoms with E-state index in [0.29, 0.717) is 5.92 Å². The summed E-state index contributed by atoms with van der Waals surface area (Å²) in [6, 6.07) is 0. The third-order valence-corrected chi connectivity index (χ3v) is 5.63. The Labute approximate surface area is 138 Å². The van der Waals surface area contributed by atoms with Gasteiger partial charge in [-0.15, -0.1) is 0 Å². The highest BCUT2D eigenvalue weighted by Crippen LogP contribution is 2.56. The molecule has 0 aromatic heterocycles. The van der Waals surface area contributed by atoms with Crippen molar-refractivity contribution in [1.82, 2.24) is 0 Å². The maximum absolute atomic E-state index is 11.5. The second kappa shape index (κ2) is 6.90. The van der Waals surface area contributed by atoms with E-state index in [9.17, 15) is 9.59 Å². The molecule has 23 heavy (non-hydrogen) atoms. The zero-order valence-electron chi connectivity index (χ0n) is 14.8. The van der Waals surface area contributed by atoms with Gasteiger partial charge in [0.2, 0.25) is 0 Å². The number of carbonyl (C=O) groups is 2. The van der Waals surface area contributed by atoms with Gasteiger partial charge in [0.15, 0.2) is 0 Å². The zero-order valence-corrected chi connectivity index (χ0v) is 14.8. The molecule has 0 aliphatic heterocycles. The molecule has 4 heteroatoms. The van der Waals surface area contributed by atoms with Crippen LogP contribution in [0.1, 0.15) is 60.3 Å². The molecule has 1 fully saturated rings. The second-order valence-corrected chi connectivity index (χ2v) is 7.14. The van der Waals surface area contributed by atoms with Crippen LogP contribution in [0.25, 0.3) is 0 Å². The van der Waals surface area contributed by atoms with E-state index < -0.39 is 0 Å². The van der Waals surface area contributed by atoms with Crippen molar-refractivity contribution in [2.75, 3.05) is 0 Å². The fourth-order valence-electron chi connectivity index (χ4n) is 4.44. The summed E-state index contributed by atoms with van der Waals surface area (Å²) in [5.41, 5.74) is 2.37. The predicted molar refractivity (Wildman–Crippen MR) is 88.4 cm³/mol. The third-order valence-electron chi connectivity index (χ3n) is 5.63. The van der Waals surface area contributed by atoms with Crippen LogP contribution < -0.4 is 0 Å². The Kier molecular flexibility index (Phi) is 5.33. The normalized spacial score (nSPS) is 34.2. The largest absolute Gasteiger partial charge is 0.462 e. The van der Waals surface area contributed by atoms with E-state index in [0.717, 1.165) is 24.8 Å². The molecule has 4 atom stereocenters. The number of rotatable bonds is 3. The van der Waals surface area contributed by atoms with Crippen LogP contribution in [-0.4, -0.2) is 18.0 Å². The minimum atomic E-state index is -0.332. The molecule has 0 spiro atoms. The summed E-state index contributed by atoms with van der Waals surface area (Å²) in [4.78, 5) is 22.7. The highest BCUT2D eigenvalue weighted by atomic mass is 16.5. The number of carbonyl (C=O) groups excluding carboxylic acids is 2. The molecule has 4 unspecified atom stereocenters. The average molecular weight is 320 g/mol. The molecule has 0 saturated heterocycles. The highest BCUT2D eigenvalue weighted by Gasteiger charge is 2.50. The summed E-state index contributed by atoms with van der Waals surface area (Å²) in [5.74, 6) is -0.0569. The second-order valence-electron chi connectivity index (χ2n) is 7.14. The first-order valence-corrected chi connectivity index (χ1v) is 8.47. The van der Waals surface area contributed by atoms with Gasteiger partial charge in [-0.2, -0.15) is 0 Å². The van der Waals surface area contributed by atoms with Crippen molar-refractivity contribution in [3.63, 3.8) is 0 Å². The first-order chi connectivity index (χ1) is 10.8. The van der Waals surface area contributed by atoms with Crippen LogP contribution >= 0.6 is 0 Å². The van der Waals surface area contributed by atoms with Crippen molar-refractivity contribution in [1.29, 1.82) is 0 Å². The molecule has 0 N–H and O–H groups in total. The summed E-state index contributed by atoms with van der Waals surface area (Å²) in [7, 11) is 0. The topological polar surface area (TPSA) is 52.6 Å². The molecule has 0 bridgehead atoms.